The Morgan fingerprint density at radius 3 is 2.44 bits per heavy atom. The first kappa shape index (κ1) is 15.3. The van der Waals surface area contributed by atoms with Crippen molar-refractivity contribution in [3.8, 4) is 0 Å². The predicted octanol–water partition coefficient (Wildman–Crippen LogP) is -0.160. The van der Waals surface area contributed by atoms with Gasteiger partial charge in [-0.2, -0.15) is 0 Å². The molecule has 2 unspecified atom stereocenters. The van der Waals surface area contributed by atoms with E-state index in [1.54, 1.807) is 11.8 Å². The summed E-state index contributed by atoms with van der Waals surface area (Å²) >= 11 is 0. The van der Waals surface area contributed by atoms with Crippen molar-refractivity contribution in [3.05, 3.63) is 0 Å². The highest BCUT2D eigenvalue weighted by molar-refractivity contribution is 5.81. The van der Waals surface area contributed by atoms with Gasteiger partial charge in [0.25, 0.3) is 0 Å². The molecule has 0 spiro atoms. The zero-order valence-corrected chi connectivity index (χ0v) is 10.7. The first-order valence-electron chi connectivity index (χ1n) is 5.75. The van der Waals surface area contributed by atoms with Crippen molar-refractivity contribution in [3.63, 3.8) is 0 Å². The highest BCUT2D eigenvalue weighted by atomic mass is 16.5. The van der Waals surface area contributed by atoms with Crippen LogP contribution in [0.25, 0.3) is 0 Å². The lowest BCUT2D eigenvalue weighted by molar-refractivity contribution is -0.132. The number of hydrogen-bond donors (Lipinski definition) is 2. The van der Waals surface area contributed by atoms with Crippen molar-refractivity contribution in [1.29, 1.82) is 0 Å². The normalized spacial score (nSPS) is 14.6. The third-order valence-corrected chi connectivity index (χ3v) is 2.46. The molecule has 0 aromatic rings. The highest BCUT2D eigenvalue weighted by Crippen LogP contribution is 1.95. The largest absolute Gasteiger partial charge is 0.389 e. The number of aliphatic hydroxyl groups excluding tert-OH is 1. The molecule has 0 radical (unpaired) electrons. The van der Waals surface area contributed by atoms with E-state index in [-0.39, 0.29) is 18.6 Å². The number of nitrogens with one attached hydrogen (secondary N) is 1. The van der Waals surface area contributed by atoms with Crippen molar-refractivity contribution in [2.75, 3.05) is 33.4 Å². The van der Waals surface area contributed by atoms with Crippen LogP contribution in [0.2, 0.25) is 0 Å². The van der Waals surface area contributed by atoms with Gasteiger partial charge in [-0.1, -0.05) is 0 Å². The Bertz CT molecular complexity index is 196. The molecule has 0 aliphatic heterocycles. The molecular formula is C11H24N2O3. The van der Waals surface area contributed by atoms with Crippen LogP contribution < -0.4 is 5.32 Å². The number of aliphatic hydroxyl groups is 1. The molecule has 0 heterocycles. The molecule has 1 amide bonds. The summed E-state index contributed by atoms with van der Waals surface area (Å²) in [5, 5.41) is 12.4. The first-order chi connectivity index (χ1) is 7.56. The Labute approximate surface area is 97.8 Å². The molecule has 5 nitrogen and oxygen atoms in total. The molecule has 16 heavy (non-hydrogen) atoms. The van der Waals surface area contributed by atoms with E-state index in [1.807, 2.05) is 13.8 Å². The van der Waals surface area contributed by atoms with E-state index in [2.05, 4.69) is 5.32 Å². The lowest BCUT2D eigenvalue weighted by atomic mass is 10.2. The molecule has 96 valence electrons. The Morgan fingerprint density at radius 2 is 2.00 bits per heavy atom. The van der Waals surface area contributed by atoms with E-state index < -0.39 is 6.10 Å². The summed E-state index contributed by atoms with van der Waals surface area (Å²) in [5.41, 5.74) is 0. The van der Waals surface area contributed by atoms with Crippen molar-refractivity contribution >= 4 is 5.91 Å². The van der Waals surface area contributed by atoms with Gasteiger partial charge < -0.3 is 20.1 Å². The van der Waals surface area contributed by atoms with Gasteiger partial charge in [-0.25, -0.2) is 0 Å². The second kappa shape index (κ2) is 8.50. The number of likely N-dealkylation sites (N-methyl/N-ethyl adjacent to an activating group) is 1. The van der Waals surface area contributed by atoms with E-state index in [1.165, 1.54) is 7.11 Å². The van der Waals surface area contributed by atoms with Crippen LogP contribution in [0.3, 0.4) is 0 Å². The molecule has 0 aromatic heterocycles. The standard InChI is InChI=1S/C11H24N2O3/c1-5-13(6-2)11(15)9(3)12-7-10(14)8-16-4/h9-10,12,14H,5-8H2,1-4H3. The number of amides is 1. The Balaban J connectivity index is 3.95. The van der Waals surface area contributed by atoms with E-state index >= 15 is 0 Å². The molecule has 0 rings (SSSR count). The lowest BCUT2D eigenvalue weighted by Crippen LogP contribution is -2.47. The highest BCUT2D eigenvalue weighted by Gasteiger charge is 2.18. The Hall–Kier alpha value is -0.650. The zero-order chi connectivity index (χ0) is 12.6. The number of ether oxygens (including phenoxy) is 1. The molecule has 2 N–H and O–H groups in total. The summed E-state index contributed by atoms with van der Waals surface area (Å²) in [6.07, 6.45) is -0.572. The molecule has 2 atom stereocenters. The van der Waals surface area contributed by atoms with E-state index in [4.69, 9.17) is 4.74 Å². The van der Waals surface area contributed by atoms with Crippen LogP contribution in [-0.4, -0.2) is 61.4 Å². The number of nitrogens with zero attached hydrogens (tertiary/aromatic N) is 1. The quantitative estimate of drug-likeness (QED) is 0.610. The van der Waals surface area contributed by atoms with Crippen molar-refractivity contribution < 1.29 is 14.6 Å². The van der Waals surface area contributed by atoms with Crippen LogP contribution in [0.4, 0.5) is 0 Å². The van der Waals surface area contributed by atoms with Gasteiger partial charge in [0.1, 0.15) is 0 Å². The molecule has 5 heteroatoms. The molecule has 0 bridgehead atoms. The maximum absolute atomic E-state index is 11.8. The van der Waals surface area contributed by atoms with Crippen LogP contribution in [0.5, 0.6) is 0 Å². The third-order valence-electron chi connectivity index (χ3n) is 2.46. The Morgan fingerprint density at radius 1 is 1.44 bits per heavy atom. The van der Waals surface area contributed by atoms with Gasteiger partial charge in [-0.05, 0) is 20.8 Å². The van der Waals surface area contributed by atoms with Crippen LogP contribution >= 0.6 is 0 Å². The van der Waals surface area contributed by atoms with Crippen LogP contribution in [-0.2, 0) is 9.53 Å². The van der Waals surface area contributed by atoms with Gasteiger partial charge in [-0.15, -0.1) is 0 Å². The summed E-state index contributed by atoms with van der Waals surface area (Å²) in [6, 6.07) is -0.272. The molecule has 0 fully saturated rings. The Kier molecular flexibility index (Phi) is 8.15. The maximum atomic E-state index is 11.8. The zero-order valence-electron chi connectivity index (χ0n) is 10.7. The minimum atomic E-state index is -0.572. The summed E-state index contributed by atoms with van der Waals surface area (Å²) in [6.45, 7) is 7.77. The second-order valence-corrected chi connectivity index (χ2v) is 3.75. The van der Waals surface area contributed by atoms with Gasteiger partial charge in [0, 0.05) is 26.7 Å². The van der Waals surface area contributed by atoms with Gasteiger partial charge in [0.15, 0.2) is 0 Å². The predicted molar refractivity (Wildman–Crippen MR) is 63.3 cm³/mol. The van der Waals surface area contributed by atoms with E-state index in [0.29, 0.717) is 19.6 Å². The van der Waals surface area contributed by atoms with E-state index in [0.717, 1.165) is 0 Å². The SMILES string of the molecule is CCN(CC)C(=O)C(C)NCC(O)COC. The first-order valence-corrected chi connectivity index (χ1v) is 5.75. The van der Waals surface area contributed by atoms with Crippen LogP contribution in [0, 0.1) is 0 Å². The van der Waals surface area contributed by atoms with Gasteiger partial charge >= 0.3 is 0 Å². The molecule has 0 aliphatic carbocycles. The summed E-state index contributed by atoms with van der Waals surface area (Å²) in [5.74, 6) is 0.0645. The smallest absolute Gasteiger partial charge is 0.239 e. The number of methoxy groups -OCH3 is 1. The lowest BCUT2D eigenvalue weighted by Gasteiger charge is -2.24. The molecule has 0 aromatic carbocycles. The fraction of sp³-hybridized carbons (Fsp3) is 0.909. The topological polar surface area (TPSA) is 61.8 Å². The van der Waals surface area contributed by atoms with Crippen molar-refractivity contribution in [1.82, 2.24) is 10.2 Å². The monoisotopic (exact) mass is 232 g/mol. The molecule has 0 saturated heterocycles. The average Bonchev–Trinajstić information content (AvgIpc) is 2.27. The molecular weight excluding hydrogens is 208 g/mol. The summed E-state index contributed by atoms with van der Waals surface area (Å²) in [7, 11) is 1.54. The van der Waals surface area contributed by atoms with Crippen LogP contribution in [0.15, 0.2) is 0 Å². The molecule has 0 saturated carbocycles. The molecule has 0 aliphatic rings. The fourth-order valence-electron chi connectivity index (χ4n) is 1.46. The van der Waals surface area contributed by atoms with Gasteiger partial charge in [0.2, 0.25) is 5.91 Å². The maximum Gasteiger partial charge on any atom is 0.239 e. The van der Waals surface area contributed by atoms with Gasteiger partial charge in [-0.3, -0.25) is 4.79 Å². The average molecular weight is 232 g/mol. The summed E-state index contributed by atoms with van der Waals surface area (Å²) < 4.78 is 4.80. The van der Waals surface area contributed by atoms with Gasteiger partial charge in [0.05, 0.1) is 18.8 Å². The van der Waals surface area contributed by atoms with Crippen LogP contribution in [0.1, 0.15) is 20.8 Å². The minimum Gasteiger partial charge on any atom is -0.389 e. The number of carbonyl (C=O) groups is 1. The summed E-state index contributed by atoms with van der Waals surface area (Å²) in [4.78, 5) is 13.6. The van der Waals surface area contributed by atoms with E-state index in [9.17, 15) is 9.90 Å². The third kappa shape index (κ3) is 5.44. The number of rotatable bonds is 8. The number of hydrogen-bond acceptors (Lipinski definition) is 4. The fourth-order valence-corrected chi connectivity index (χ4v) is 1.46. The number of carbonyl (C=O) groups excluding carboxylic acids is 1. The van der Waals surface area contributed by atoms with Crippen molar-refractivity contribution in [2.24, 2.45) is 0 Å². The minimum absolute atomic E-state index is 0.0645. The second-order valence-electron chi connectivity index (χ2n) is 3.75. The van der Waals surface area contributed by atoms with Crippen molar-refractivity contribution in [2.45, 2.75) is 32.9 Å².